The maximum absolute atomic E-state index is 12.3. The smallest absolute Gasteiger partial charge is 0.265 e. The predicted octanol–water partition coefficient (Wildman–Crippen LogP) is 4.67. The zero-order valence-electron chi connectivity index (χ0n) is 13.2. The quantitative estimate of drug-likeness (QED) is 0.889. The fourth-order valence-corrected chi connectivity index (χ4v) is 2.23. The third-order valence-corrected chi connectivity index (χ3v) is 3.95. The Kier molecular flexibility index (Phi) is 5.09. The van der Waals surface area contributed by atoms with Crippen molar-refractivity contribution >= 4 is 23.2 Å². The molecule has 116 valence electrons. The zero-order chi connectivity index (χ0) is 16.3. The highest BCUT2D eigenvalue weighted by Crippen LogP contribution is 2.24. The van der Waals surface area contributed by atoms with Crippen LogP contribution in [0.25, 0.3) is 0 Å². The van der Waals surface area contributed by atoms with E-state index < -0.39 is 6.10 Å². The van der Waals surface area contributed by atoms with Crippen molar-refractivity contribution in [2.24, 2.45) is 0 Å². The number of carbonyl (C=O) groups is 1. The van der Waals surface area contributed by atoms with E-state index in [1.54, 1.807) is 19.1 Å². The highest BCUT2D eigenvalue weighted by Gasteiger charge is 2.17. The van der Waals surface area contributed by atoms with Crippen molar-refractivity contribution in [3.05, 3.63) is 58.1 Å². The van der Waals surface area contributed by atoms with Crippen LogP contribution in [-0.2, 0) is 4.79 Å². The van der Waals surface area contributed by atoms with Crippen LogP contribution in [0.3, 0.4) is 0 Å². The Labute approximate surface area is 136 Å². The fraction of sp³-hybridized carbons (Fsp3) is 0.278. The maximum atomic E-state index is 12.3. The number of rotatable bonds is 4. The molecule has 3 nitrogen and oxygen atoms in total. The molecule has 0 aliphatic carbocycles. The average Bonchev–Trinajstić information content (AvgIpc) is 2.47. The Morgan fingerprint density at radius 1 is 1.18 bits per heavy atom. The number of amides is 1. The first-order valence-electron chi connectivity index (χ1n) is 7.18. The van der Waals surface area contributed by atoms with Gasteiger partial charge in [0.2, 0.25) is 0 Å². The molecule has 22 heavy (non-hydrogen) atoms. The van der Waals surface area contributed by atoms with Gasteiger partial charge >= 0.3 is 0 Å². The molecule has 0 fully saturated rings. The summed E-state index contributed by atoms with van der Waals surface area (Å²) in [4.78, 5) is 12.3. The van der Waals surface area contributed by atoms with E-state index in [0.29, 0.717) is 10.7 Å². The van der Waals surface area contributed by atoms with Crippen LogP contribution < -0.4 is 10.1 Å². The lowest BCUT2D eigenvalue weighted by Gasteiger charge is -2.17. The van der Waals surface area contributed by atoms with Gasteiger partial charge in [-0.3, -0.25) is 4.79 Å². The second-order valence-electron chi connectivity index (χ2n) is 5.43. The van der Waals surface area contributed by atoms with Gasteiger partial charge in [-0.05, 0) is 62.6 Å². The van der Waals surface area contributed by atoms with Gasteiger partial charge in [-0.25, -0.2) is 0 Å². The van der Waals surface area contributed by atoms with Gasteiger partial charge in [-0.15, -0.1) is 0 Å². The number of hydrogen-bond donors (Lipinski definition) is 1. The lowest BCUT2D eigenvalue weighted by atomic mass is 10.1. The summed E-state index contributed by atoms with van der Waals surface area (Å²) in [6.45, 7) is 7.55. The molecule has 0 saturated carbocycles. The Morgan fingerprint density at radius 2 is 1.91 bits per heavy atom. The lowest BCUT2D eigenvalue weighted by Crippen LogP contribution is -2.30. The van der Waals surface area contributed by atoms with E-state index in [1.807, 2.05) is 45.0 Å². The van der Waals surface area contributed by atoms with E-state index in [4.69, 9.17) is 16.3 Å². The molecule has 2 rings (SSSR count). The highest BCUT2D eigenvalue weighted by molar-refractivity contribution is 6.31. The summed E-state index contributed by atoms with van der Waals surface area (Å²) in [5.74, 6) is 0.525. The molecular weight excluding hydrogens is 298 g/mol. The van der Waals surface area contributed by atoms with Gasteiger partial charge in [0.05, 0.1) is 0 Å². The first-order valence-corrected chi connectivity index (χ1v) is 7.56. The Bertz CT molecular complexity index is 697. The van der Waals surface area contributed by atoms with E-state index in [1.165, 1.54) is 0 Å². The van der Waals surface area contributed by atoms with Crippen molar-refractivity contribution in [3.63, 3.8) is 0 Å². The molecule has 2 aromatic carbocycles. The SMILES string of the molecule is Cc1ccc(C)c(OC(C)C(=O)Nc2cccc(Cl)c2C)c1. The van der Waals surface area contributed by atoms with Crippen LogP contribution in [0, 0.1) is 20.8 Å². The number of nitrogens with one attached hydrogen (secondary N) is 1. The maximum Gasteiger partial charge on any atom is 0.265 e. The Hall–Kier alpha value is -2.00. The summed E-state index contributed by atoms with van der Waals surface area (Å²) in [5, 5.41) is 3.48. The second kappa shape index (κ2) is 6.84. The number of anilines is 1. The predicted molar refractivity (Wildman–Crippen MR) is 90.8 cm³/mol. The molecular formula is C18H20ClNO2. The molecule has 0 bridgehead atoms. The van der Waals surface area contributed by atoms with Crippen LogP contribution in [0.1, 0.15) is 23.6 Å². The van der Waals surface area contributed by atoms with Crippen molar-refractivity contribution in [3.8, 4) is 5.75 Å². The third kappa shape index (κ3) is 3.80. The molecule has 0 aliphatic rings. The molecule has 0 aromatic heterocycles. The van der Waals surface area contributed by atoms with Gasteiger partial charge in [0.15, 0.2) is 6.10 Å². The van der Waals surface area contributed by atoms with Gasteiger partial charge in [0, 0.05) is 10.7 Å². The van der Waals surface area contributed by atoms with Crippen molar-refractivity contribution in [2.45, 2.75) is 33.8 Å². The fourth-order valence-electron chi connectivity index (χ4n) is 2.06. The molecule has 1 N–H and O–H groups in total. The number of ether oxygens (including phenoxy) is 1. The van der Waals surface area contributed by atoms with Crippen LogP contribution in [0.5, 0.6) is 5.75 Å². The van der Waals surface area contributed by atoms with E-state index in [2.05, 4.69) is 5.32 Å². The normalized spacial score (nSPS) is 11.9. The minimum atomic E-state index is -0.598. The van der Waals surface area contributed by atoms with Crippen LogP contribution >= 0.6 is 11.6 Å². The number of benzene rings is 2. The molecule has 0 heterocycles. The van der Waals surface area contributed by atoms with Crippen LogP contribution in [0.4, 0.5) is 5.69 Å². The average molecular weight is 318 g/mol. The Balaban J connectivity index is 2.09. The minimum Gasteiger partial charge on any atom is -0.481 e. The molecule has 4 heteroatoms. The molecule has 0 saturated heterocycles. The summed E-state index contributed by atoms with van der Waals surface area (Å²) in [6, 6.07) is 11.4. The second-order valence-corrected chi connectivity index (χ2v) is 5.84. The summed E-state index contributed by atoms with van der Waals surface area (Å²) >= 11 is 6.06. The molecule has 0 radical (unpaired) electrons. The van der Waals surface area contributed by atoms with Crippen molar-refractivity contribution in [1.29, 1.82) is 0 Å². The van der Waals surface area contributed by atoms with Gasteiger partial charge in [-0.1, -0.05) is 29.8 Å². The summed E-state index contributed by atoms with van der Waals surface area (Å²) in [7, 11) is 0. The van der Waals surface area contributed by atoms with Crippen LogP contribution in [-0.4, -0.2) is 12.0 Å². The summed E-state index contributed by atoms with van der Waals surface area (Å²) < 4.78 is 5.79. The van der Waals surface area contributed by atoms with Crippen LogP contribution in [0.2, 0.25) is 5.02 Å². The lowest BCUT2D eigenvalue weighted by molar-refractivity contribution is -0.122. The van der Waals surface area contributed by atoms with Crippen molar-refractivity contribution < 1.29 is 9.53 Å². The van der Waals surface area contributed by atoms with E-state index in [0.717, 1.165) is 22.4 Å². The number of aryl methyl sites for hydroxylation is 2. The number of carbonyl (C=O) groups excluding carboxylic acids is 1. The minimum absolute atomic E-state index is 0.203. The monoisotopic (exact) mass is 317 g/mol. The van der Waals surface area contributed by atoms with E-state index in [9.17, 15) is 4.79 Å². The summed E-state index contributed by atoms with van der Waals surface area (Å²) in [6.07, 6.45) is -0.598. The Morgan fingerprint density at radius 3 is 2.64 bits per heavy atom. The molecule has 2 aromatic rings. The first kappa shape index (κ1) is 16.4. The van der Waals surface area contributed by atoms with E-state index in [-0.39, 0.29) is 5.91 Å². The highest BCUT2D eigenvalue weighted by atomic mass is 35.5. The molecule has 1 atom stereocenters. The number of halogens is 1. The van der Waals surface area contributed by atoms with Gasteiger partial charge in [0.25, 0.3) is 5.91 Å². The van der Waals surface area contributed by atoms with E-state index >= 15 is 0 Å². The summed E-state index contributed by atoms with van der Waals surface area (Å²) in [5.41, 5.74) is 3.65. The van der Waals surface area contributed by atoms with Crippen molar-refractivity contribution in [2.75, 3.05) is 5.32 Å². The van der Waals surface area contributed by atoms with Gasteiger partial charge in [-0.2, -0.15) is 0 Å². The number of hydrogen-bond acceptors (Lipinski definition) is 2. The van der Waals surface area contributed by atoms with Gasteiger partial charge < -0.3 is 10.1 Å². The van der Waals surface area contributed by atoms with Gasteiger partial charge in [0.1, 0.15) is 5.75 Å². The third-order valence-electron chi connectivity index (χ3n) is 3.54. The van der Waals surface area contributed by atoms with Crippen LogP contribution in [0.15, 0.2) is 36.4 Å². The topological polar surface area (TPSA) is 38.3 Å². The molecule has 0 aliphatic heterocycles. The molecule has 0 spiro atoms. The zero-order valence-corrected chi connectivity index (χ0v) is 14.0. The largest absolute Gasteiger partial charge is 0.481 e. The first-order chi connectivity index (χ1) is 10.4. The van der Waals surface area contributed by atoms with Crippen molar-refractivity contribution in [1.82, 2.24) is 0 Å². The standard InChI is InChI=1S/C18H20ClNO2/c1-11-8-9-12(2)17(10-11)22-14(4)18(21)20-16-7-5-6-15(19)13(16)3/h5-10,14H,1-4H3,(H,20,21). The molecule has 1 amide bonds. The molecule has 1 unspecified atom stereocenters.